The molecular formula is C33H37N5O4S2. The summed E-state index contributed by atoms with van der Waals surface area (Å²) in [6, 6.07) is 20.7. The molecule has 6 rings (SSSR count). The molecule has 0 unspecified atom stereocenters. The summed E-state index contributed by atoms with van der Waals surface area (Å²) in [6.45, 7) is 3.05. The summed E-state index contributed by atoms with van der Waals surface area (Å²) in [5.41, 5.74) is 8.97. The van der Waals surface area contributed by atoms with E-state index in [1.807, 2.05) is 76.7 Å². The lowest BCUT2D eigenvalue weighted by Crippen LogP contribution is -2.30. The summed E-state index contributed by atoms with van der Waals surface area (Å²) >= 11 is 1.41. The highest BCUT2D eigenvalue weighted by molar-refractivity contribution is 7.92. The molecule has 230 valence electrons. The van der Waals surface area contributed by atoms with Crippen molar-refractivity contribution in [2.45, 2.75) is 38.1 Å². The summed E-state index contributed by atoms with van der Waals surface area (Å²) in [5.74, 6) is 0.0488. The first-order valence-electron chi connectivity index (χ1n) is 14.9. The fraction of sp³-hybridized carbons (Fsp3) is 0.333. The van der Waals surface area contributed by atoms with Gasteiger partial charge in [0.05, 0.1) is 18.8 Å². The third kappa shape index (κ3) is 6.96. The van der Waals surface area contributed by atoms with Gasteiger partial charge in [0, 0.05) is 22.5 Å². The van der Waals surface area contributed by atoms with Crippen molar-refractivity contribution in [1.82, 2.24) is 14.5 Å². The van der Waals surface area contributed by atoms with Gasteiger partial charge in [0.15, 0.2) is 0 Å². The zero-order chi connectivity index (χ0) is 30.7. The molecule has 0 spiro atoms. The van der Waals surface area contributed by atoms with Crippen molar-refractivity contribution in [1.29, 1.82) is 0 Å². The van der Waals surface area contributed by atoms with Gasteiger partial charge in [0.2, 0.25) is 10.0 Å². The number of pyridine rings is 1. The summed E-state index contributed by atoms with van der Waals surface area (Å²) < 4.78 is 36.6. The molecule has 0 atom stereocenters. The highest BCUT2D eigenvalue weighted by Gasteiger charge is 2.22. The number of benzene rings is 2. The van der Waals surface area contributed by atoms with Crippen LogP contribution in [0.4, 0.5) is 5.69 Å². The average molecular weight is 632 g/mol. The van der Waals surface area contributed by atoms with Crippen LogP contribution in [0.1, 0.15) is 45.9 Å². The number of thiophene rings is 1. The summed E-state index contributed by atoms with van der Waals surface area (Å²) in [6.07, 6.45) is 3.06. The van der Waals surface area contributed by atoms with Crippen LogP contribution in [0.3, 0.4) is 0 Å². The molecule has 11 heteroatoms. The minimum absolute atomic E-state index is 0.103. The van der Waals surface area contributed by atoms with Crippen molar-refractivity contribution < 1.29 is 17.9 Å². The van der Waals surface area contributed by atoms with E-state index in [9.17, 15) is 13.2 Å². The second-order valence-electron chi connectivity index (χ2n) is 11.5. The number of carbonyl (C=O) groups excluding carboxylic acids is 1. The number of nitrogens with zero attached hydrogens (tertiary/aromatic N) is 3. The first-order chi connectivity index (χ1) is 21.3. The van der Waals surface area contributed by atoms with Crippen LogP contribution in [0.15, 0.2) is 72.1 Å². The molecule has 1 saturated heterocycles. The lowest BCUT2D eigenvalue weighted by atomic mass is 9.94. The summed E-state index contributed by atoms with van der Waals surface area (Å²) in [5, 5.41) is 4.50. The Balaban J connectivity index is 1.32. The van der Waals surface area contributed by atoms with Crippen molar-refractivity contribution in [3.8, 4) is 0 Å². The van der Waals surface area contributed by atoms with Crippen molar-refractivity contribution in [2.75, 3.05) is 31.5 Å². The van der Waals surface area contributed by atoms with Crippen LogP contribution in [0.25, 0.3) is 21.8 Å². The SMILES string of the molecule is CN1CCC(CCOC(=O)c2cc3ccc(CN)nc3n2Cc2cc(NS(=O)(=O)Cc3cccs3)cc3ccccc23)CC1. The lowest BCUT2D eigenvalue weighted by molar-refractivity contribution is 0.0456. The first kappa shape index (κ1) is 30.3. The lowest BCUT2D eigenvalue weighted by Gasteiger charge is -2.28. The number of nitrogens with one attached hydrogen (secondary N) is 1. The van der Waals surface area contributed by atoms with Crippen LogP contribution in [-0.4, -0.2) is 55.6 Å². The van der Waals surface area contributed by atoms with Gasteiger partial charge in [0.25, 0.3) is 0 Å². The Bertz CT molecular complexity index is 1880. The molecule has 1 fully saturated rings. The van der Waals surface area contributed by atoms with E-state index in [2.05, 4.69) is 16.7 Å². The molecule has 0 radical (unpaired) electrons. The molecule has 4 heterocycles. The van der Waals surface area contributed by atoms with E-state index in [0.29, 0.717) is 35.2 Å². The van der Waals surface area contributed by atoms with E-state index in [1.165, 1.54) is 11.3 Å². The molecule has 9 nitrogen and oxygen atoms in total. The minimum atomic E-state index is -3.64. The quantitative estimate of drug-likeness (QED) is 0.183. The molecule has 0 bridgehead atoms. The van der Waals surface area contributed by atoms with Crippen molar-refractivity contribution in [2.24, 2.45) is 11.7 Å². The number of ether oxygens (including phenoxy) is 1. The molecule has 44 heavy (non-hydrogen) atoms. The highest BCUT2D eigenvalue weighted by Crippen LogP contribution is 2.29. The van der Waals surface area contributed by atoms with Crippen LogP contribution in [0.2, 0.25) is 0 Å². The molecule has 5 aromatic rings. The smallest absolute Gasteiger partial charge is 0.355 e. The number of esters is 1. The number of likely N-dealkylation sites (tertiary alicyclic amines) is 1. The molecule has 1 aliphatic rings. The van der Waals surface area contributed by atoms with Gasteiger partial charge < -0.3 is 19.9 Å². The second-order valence-corrected chi connectivity index (χ2v) is 14.3. The molecule has 3 N–H and O–H groups in total. The Labute approximate surface area is 261 Å². The Morgan fingerprint density at radius 3 is 2.66 bits per heavy atom. The van der Waals surface area contributed by atoms with Crippen molar-refractivity contribution >= 4 is 54.8 Å². The number of nitrogens with two attached hydrogens (primary N) is 1. The summed E-state index contributed by atoms with van der Waals surface area (Å²) in [4.78, 5) is 21.4. The monoisotopic (exact) mass is 631 g/mol. The molecule has 2 aromatic carbocycles. The number of piperidine rings is 1. The standard InChI is InChI=1S/C33H37N5O4S2/c1-37-13-10-23(11-14-37)12-15-42-33(39)31-19-25-8-9-27(20-34)35-32(25)38(31)21-26-18-28(17-24-5-2-3-7-30(24)26)36-44(40,41)22-29-6-4-16-43-29/h2-9,16-19,23,36H,10-15,20-22,34H2,1H3. The van der Waals surface area contributed by atoms with E-state index < -0.39 is 16.0 Å². The largest absolute Gasteiger partial charge is 0.461 e. The molecule has 0 saturated carbocycles. The number of hydrogen-bond acceptors (Lipinski definition) is 8. The van der Waals surface area contributed by atoms with Gasteiger partial charge in [-0.1, -0.05) is 30.3 Å². The van der Waals surface area contributed by atoms with Gasteiger partial charge in [-0.2, -0.15) is 0 Å². The van der Waals surface area contributed by atoms with Gasteiger partial charge in [-0.25, -0.2) is 18.2 Å². The number of sulfonamides is 1. The zero-order valence-electron chi connectivity index (χ0n) is 24.7. The van der Waals surface area contributed by atoms with Crippen LogP contribution in [0, 0.1) is 5.92 Å². The maximum Gasteiger partial charge on any atom is 0.355 e. The Hall–Kier alpha value is -3.77. The van der Waals surface area contributed by atoms with Gasteiger partial charge in [-0.3, -0.25) is 4.72 Å². The van der Waals surface area contributed by atoms with Gasteiger partial charge >= 0.3 is 5.97 Å². The predicted octanol–water partition coefficient (Wildman–Crippen LogP) is 5.59. The van der Waals surface area contributed by atoms with E-state index in [0.717, 1.165) is 59.0 Å². The molecule has 0 amide bonds. The minimum Gasteiger partial charge on any atom is -0.461 e. The Morgan fingerprint density at radius 2 is 1.89 bits per heavy atom. The predicted molar refractivity (Wildman–Crippen MR) is 176 cm³/mol. The van der Waals surface area contributed by atoms with Crippen molar-refractivity contribution in [3.63, 3.8) is 0 Å². The van der Waals surface area contributed by atoms with E-state index >= 15 is 0 Å². The van der Waals surface area contributed by atoms with E-state index in [4.69, 9.17) is 15.5 Å². The van der Waals surface area contributed by atoms with E-state index in [-0.39, 0.29) is 18.8 Å². The van der Waals surface area contributed by atoms with Gasteiger partial charge in [-0.05, 0) is 103 Å². The molecule has 1 aliphatic heterocycles. The normalized spacial score (nSPS) is 14.8. The number of anilines is 1. The fourth-order valence-electron chi connectivity index (χ4n) is 5.90. The zero-order valence-corrected chi connectivity index (χ0v) is 26.4. The molecular weight excluding hydrogens is 595 g/mol. The van der Waals surface area contributed by atoms with Crippen LogP contribution >= 0.6 is 11.3 Å². The highest BCUT2D eigenvalue weighted by atomic mass is 32.2. The maximum atomic E-state index is 13.5. The average Bonchev–Trinajstić information content (AvgIpc) is 3.65. The van der Waals surface area contributed by atoms with Gasteiger partial charge in [-0.15, -0.1) is 11.3 Å². The fourth-order valence-corrected chi connectivity index (χ4v) is 8.15. The number of rotatable bonds is 11. The molecule has 3 aromatic heterocycles. The van der Waals surface area contributed by atoms with Crippen LogP contribution < -0.4 is 10.5 Å². The third-order valence-corrected chi connectivity index (χ3v) is 10.6. The Morgan fingerprint density at radius 1 is 1.07 bits per heavy atom. The first-order valence-corrected chi connectivity index (χ1v) is 17.4. The number of aromatic nitrogens is 2. The Kier molecular flexibility index (Phi) is 8.99. The maximum absolute atomic E-state index is 13.5. The summed E-state index contributed by atoms with van der Waals surface area (Å²) in [7, 11) is -1.51. The topological polar surface area (TPSA) is 120 Å². The molecule has 0 aliphatic carbocycles. The van der Waals surface area contributed by atoms with E-state index in [1.54, 1.807) is 0 Å². The van der Waals surface area contributed by atoms with Gasteiger partial charge in [0.1, 0.15) is 17.1 Å². The number of hydrogen-bond donors (Lipinski definition) is 2. The second kappa shape index (κ2) is 13.1. The third-order valence-electron chi connectivity index (χ3n) is 8.28. The number of carbonyl (C=O) groups is 1. The van der Waals surface area contributed by atoms with Crippen molar-refractivity contribution in [3.05, 3.63) is 93.9 Å². The number of fused-ring (bicyclic) bond motifs is 2. The van der Waals surface area contributed by atoms with Crippen LogP contribution in [0.5, 0.6) is 0 Å². The van der Waals surface area contributed by atoms with Crippen LogP contribution in [-0.2, 0) is 33.6 Å².